The van der Waals surface area contributed by atoms with Gasteiger partial charge in [0.25, 0.3) is 5.91 Å². The molecule has 1 amide bonds. The lowest BCUT2D eigenvalue weighted by Gasteiger charge is -2.24. The summed E-state index contributed by atoms with van der Waals surface area (Å²) in [7, 11) is -1.17. The van der Waals surface area contributed by atoms with Crippen LogP contribution >= 0.6 is 0 Å². The van der Waals surface area contributed by atoms with Crippen LogP contribution in [0, 0.1) is 0 Å². The maximum Gasteiger partial charge on any atom is 0.275 e. The Morgan fingerprint density at radius 1 is 1.22 bits per heavy atom. The quantitative estimate of drug-likeness (QED) is 0.846. The summed E-state index contributed by atoms with van der Waals surface area (Å²) >= 11 is 0. The highest BCUT2D eigenvalue weighted by Gasteiger charge is 2.31. The van der Waals surface area contributed by atoms with Gasteiger partial charge in [-0.1, -0.05) is 32.0 Å². The van der Waals surface area contributed by atoms with E-state index in [4.69, 9.17) is 0 Å². The van der Waals surface area contributed by atoms with Gasteiger partial charge >= 0.3 is 0 Å². The number of sulfone groups is 1. The van der Waals surface area contributed by atoms with Gasteiger partial charge < -0.3 is 10.2 Å². The topological polar surface area (TPSA) is 92.3 Å². The molecule has 0 saturated carbocycles. The summed E-state index contributed by atoms with van der Waals surface area (Å²) in [5.74, 6) is 0.834. The number of amides is 1. The minimum absolute atomic E-state index is 0.109. The van der Waals surface area contributed by atoms with Crippen molar-refractivity contribution in [3.05, 3.63) is 47.9 Å². The van der Waals surface area contributed by atoms with Crippen molar-refractivity contribution in [2.45, 2.75) is 32.2 Å². The van der Waals surface area contributed by atoms with E-state index in [0.29, 0.717) is 12.2 Å². The Morgan fingerprint density at radius 3 is 2.56 bits per heavy atom. The van der Waals surface area contributed by atoms with Crippen molar-refractivity contribution in [3.63, 3.8) is 0 Å². The molecular weight excluding hydrogens is 364 g/mol. The molecule has 1 aromatic carbocycles. The number of carbonyl (C=O) groups is 1. The first kappa shape index (κ1) is 19.3. The molecule has 144 valence electrons. The van der Waals surface area contributed by atoms with Crippen molar-refractivity contribution in [3.8, 4) is 0 Å². The molecule has 0 spiro atoms. The SMILES string of the molecule is CC(C)c1ccccc1NC(=O)c1cnc(N(C)C2CCS(=O)(=O)C2)cn1. The van der Waals surface area contributed by atoms with Crippen LogP contribution in [0.25, 0.3) is 0 Å². The van der Waals surface area contributed by atoms with Crippen LogP contribution in [0.1, 0.15) is 42.2 Å². The molecule has 2 heterocycles. The van der Waals surface area contributed by atoms with Crippen LogP contribution in [-0.2, 0) is 9.84 Å². The lowest BCUT2D eigenvalue weighted by atomic mass is 10.0. The van der Waals surface area contributed by atoms with Gasteiger partial charge in [0, 0.05) is 18.8 Å². The van der Waals surface area contributed by atoms with Crippen LogP contribution in [0.5, 0.6) is 0 Å². The first-order valence-corrected chi connectivity index (χ1v) is 10.7. The van der Waals surface area contributed by atoms with E-state index in [-0.39, 0.29) is 35.1 Å². The fraction of sp³-hybridized carbons (Fsp3) is 0.421. The van der Waals surface area contributed by atoms with E-state index in [9.17, 15) is 13.2 Å². The molecule has 8 heteroatoms. The van der Waals surface area contributed by atoms with Crippen LogP contribution < -0.4 is 10.2 Å². The van der Waals surface area contributed by atoms with Crippen LogP contribution in [0.15, 0.2) is 36.7 Å². The van der Waals surface area contributed by atoms with Gasteiger partial charge in [0.05, 0.1) is 23.9 Å². The molecule has 1 N–H and O–H groups in total. The smallest absolute Gasteiger partial charge is 0.275 e. The van der Waals surface area contributed by atoms with Gasteiger partial charge in [-0.2, -0.15) is 0 Å². The Balaban J connectivity index is 1.71. The second-order valence-electron chi connectivity index (χ2n) is 7.12. The summed E-state index contributed by atoms with van der Waals surface area (Å²) in [5.41, 5.74) is 2.03. The maximum atomic E-state index is 12.5. The van der Waals surface area contributed by atoms with Crippen LogP contribution in [-0.4, -0.2) is 48.9 Å². The van der Waals surface area contributed by atoms with E-state index >= 15 is 0 Å². The highest BCUT2D eigenvalue weighted by Crippen LogP contribution is 2.24. The van der Waals surface area contributed by atoms with Crippen molar-refractivity contribution < 1.29 is 13.2 Å². The average Bonchev–Trinajstić information content (AvgIpc) is 3.01. The zero-order valence-electron chi connectivity index (χ0n) is 15.7. The van der Waals surface area contributed by atoms with E-state index in [0.717, 1.165) is 11.3 Å². The van der Waals surface area contributed by atoms with Gasteiger partial charge in [-0.3, -0.25) is 4.79 Å². The van der Waals surface area contributed by atoms with Gasteiger partial charge in [0.15, 0.2) is 9.84 Å². The fourth-order valence-electron chi connectivity index (χ4n) is 3.19. The lowest BCUT2D eigenvalue weighted by Crippen LogP contribution is -2.33. The van der Waals surface area contributed by atoms with E-state index in [2.05, 4.69) is 29.1 Å². The molecule has 1 atom stereocenters. The fourth-order valence-corrected chi connectivity index (χ4v) is 4.96. The summed E-state index contributed by atoms with van der Waals surface area (Å²) in [6, 6.07) is 7.56. The van der Waals surface area contributed by atoms with Crippen molar-refractivity contribution >= 4 is 27.2 Å². The highest BCUT2D eigenvalue weighted by atomic mass is 32.2. The summed E-state index contributed by atoms with van der Waals surface area (Å²) in [5, 5.41) is 2.89. The molecule has 0 aliphatic carbocycles. The number of nitrogens with one attached hydrogen (secondary N) is 1. The Bertz CT molecular complexity index is 926. The Morgan fingerprint density at radius 2 is 1.96 bits per heavy atom. The van der Waals surface area contributed by atoms with Crippen molar-refractivity contribution in [2.24, 2.45) is 0 Å². The monoisotopic (exact) mass is 388 g/mol. The molecule has 1 unspecified atom stereocenters. The third kappa shape index (κ3) is 4.44. The molecule has 0 bridgehead atoms. The normalized spacial score (nSPS) is 18.4. The summed E-state index contributed by atoms with van der Waals surface area (Å²) in [6.07, 6.45) is 3.51. The second kappa shape index (κ2) is 7.64. The van der Waals surface area contributed by atoms with E-state index in [1.165, 1.54) is 12.4 Å². The minimum atomic E-state index is -2.97. The Hall–Kier alpha value is -2.48. The number of anilines is 2. The van der Waals surface area contributed by atoms with Crippen LogP contribution in [0.2, 0.25) is 0 Å². The standard InChI is InChI=1S/C19H24N4O3S/c1-13(2)15-6-4-5-7-16(15)22-19(24)17-10-21-18(11-20-17)23(3)14-8-9-27(25,26)12-14/h4-7,10-11,13-14H,8-9,12H2,1-3H3,(H,22,24). The van der Waals surface area contributed by atoms with Gasteiger partial charge in [-0.25, -0.2) is 18.4 Å². The number of rotatable bonds is 5. The third-order valence-corrected chi connectivity index (χ3v) is 6.57. The van der Waals surface area contributed by atoms with Gasteiger partial charge in [-0.15, -0.1) is 0 Å². The molecule has 1 fully saturated rings. The number of nitrogens with zero attached hydrogens (tertiary/aromatic N) is 3. The molecule has 1 aromatic heterocycles. The highest BCUT2D eigenvalue weighted by molar-refractivity contribution is 7.91. The number of aromatic nitrogens is 2. The van der Waals surface area contributed by atoms with E-state index < -0.39 is 9.84 Å². The second-order valence-corrected chi connectivity index (χ2v) is 9.35. The van der Waals surface area contributed by atoms with Crippen molar-refractivity contribution in [2.75, 3.05) is 28.8 Å². The molecule has 1 saturated heterocycles. The maximum absolute atomic E-state index is 12.5. The molecule has 7 nitrogen and oxygen atoms in total. The van der Waals surface area contributed by atoms with E-state index in [1.807, 2.05) is 29.2 Å². The number of hydrogen-bond donors (Lipinski definition) is 1. The minimum Gasteiger partial charge on any atom is -0.354 e. The summed E-state index contributed by atoms with van der Waals surface area (Å²) in [4.78, 5) is 22.8. The zero-order chi connectivity index (χ0) is 19.6. The van der Waals surface area contributed by atoms with Gasteiger partial charge in [-0.05, 0) is 24.0 Å². The molecular formula is C19H24N4O3S. The number of para-hydroxylation sites is 1. The molecule has 0 radical (unpaired) electrons. The number of carbonyl (C=O) groups excluding carboxylic acids is 1. The Labute approximate surface area is 159 Å². The molecule has 1 aliphatic heterocycles. The first-order chi connectivity index (χ1) is 12.8. The molecule has 27 heavy (non-hydrogen) atoms. The zero-order valence-corrected chi connectivity index (χ0v) is 16.5. The molecule has 2 aromatic rings. The van der Waals surface area contributed by atoms with Gasteiger partial charge in [0.1, 0.15) is 11.5 Å². The van der Waals surface area contributed by atoms with Gasteiger partial charge in [0.2, 0.25) is 0 Å². The first-order valence-electron chi connectivity index (χ1n) is 8.92. The number of benzene rings is 1. The van der Waals surface area contributed by atoms with Crippen LogP contribution in [0.3, 0.4) is 0 Å². The lowest BCUT2D eigenvalue weighted by molar-refractivity contribution is 0.102. The van der Waals surface area contributed by atoms with Crippen molar-refractivity contribution in [1.29, 1.82) is 0 Å². The molecule has 1 aliphatic rings. The predicted molar refractivity (Wildman–Crippen MR) is 106 cm³/mol. The van der Waals surface area contributed by atoms with Crippen LogP contribution in [0.4, 0.5) is 11.5 Å². The Kier molecular flexibility index (Phi) is 5.46. The van der Waals surface area contributed by atoms with E-state index in [1.54, 1.807) is 7.05 Å². The third-order valence-electron chi connectivity index (χ3n) is 4.82. The largest absolute Gasteiger partial charge is 0.354 e. The summed E-state index contributed by atoms with van der Waals surface area (Å²) in [6.45, 7) is 4.14. The molecule has 3 rings (SSSR count). The predicted octanol–water partition coefficient (Wildman–Crippen LogP) is 2.48. The average molecular weight is 388 g/mol. The van der Waals surface area contributed by atoms with Crippen molar-refractivity contribution in [1.82, 2.24) is 9.97 Å². The summed E-state index contributed by atoms with van der Waals surface area (Å²) < 4.78 is 23.3. The number of hydrogen-bond acceptors (Lipinski definition) is 6.